The molecule has 0 radical (unpaired) electrons. The predicted octanol–water partition coefficient (Wildman–Crippen LogP) is 1.56. The second kappa shape index (κ2) is 2.24. The standard InChI is InChI=1S/C11H14O2/c1-13-11-5-4-9(12)10(11)7-2-3-8(11)6-7/h2-3,7-8,10H,4-6H2,1H3/t7-,8+,10+,11-/m1/s1. The molecule has 2 nitrogen and oxygen atoms in total. The van der Waals surface area contributed by atoms with Gasteiger partial charge in [-0.05, 0) is 18.8 Å². The zero-order valence-corrected chi connectivity index (χ0v) is 7.82. The first-order valence-electron chi connectivity index (χ1n) is 5.04. The Labute approximate surface area is 78.0 Å². The highest BCUT2D eigenvalue weighted by molar-refractivity contribution is 5.86. The fourth-order valence-corrected chi connectivity index (χ4v) is 3.64. The fraction of sp³-hybridized carbons (Fsp3) is 0.727. The molecule has 0 amide bonds. The summed E-state index contributed by atoms with van der Waals surface area (Å²) in [6, 6.07) is 0. The van der Waals surface area contributed by atoms with E-state index in [1.165, 1.54) is 0 Å². The van der Waals surface area contributed by atoms with E-state index < -0.39 is 0 Å². The fourth-order valence-electron chi connectivity index (χ4n) is 3.64. The Kier molecular flexibility index (Phi) is 1.33. The Balaban J connectivity index is 2.08. The van der Waals surface area contributed by atoms with Crippen LogP contribution in [0.1, 0.15) is 19.3 Å². The minimum atomic E-state index is -0.101. The van der Waals surface area contributed by atoms with Gasteiger partial charge in [-0.3, -0.25) is 4.79 Å². The molecule has 3 aliphatic carbocycles. The van der Waals surface area contributed by atoms with Crippen molar-refractivity contribution in [2.24, 2.45) is 17.8 Å². The van der Waals surface area contributed by atoms with Gasteiger partial charge in [0.15, 0.2) is 0 Å². The maximum Gasteiger partial charge on any atom is 0.139 e. The molecule has 0 unspecified atom stereocenters. The minimum Gasteiger partial charge on any atom is -0.377 e. The van der Waals surface area contributed by atoms with E-state index in [-0.39, 0.29) is 11.5 Å². The molecule has 2 bridgehead atoms. The van der Waals surface area contributed by atoms with Crippen molar-refractivity contribution in [2.45, 2.75) is 24.9 Å². The average Bonchev–Trinajstić information content (AvgIpc) is 2.77. The Morgan fingerprint density at radius 3 is 3.08 bits per heavy atom. The zero-order chi connectivity index (χ0) is 9.05. The summed E-state index contributed by atoms with van der Waals surface area (Å²) in [7, 11) is 1.76. The van der Waals surface area contributed by atoms with Crippen LogP contribution in [-0.4, -0.2) is 18.5 Å². The molecule has 3 rings (SSSR count). The number of hydrogen-bond donors (Lipinski definition) is 0. The van der Waals surface area contributed by atoms with Gasteiger partial charge in [0.1, 0.15) is 5.78 Å². The molecule has 13 heavy (non-hydrogen) atoms. The summed E-state index contributed by atoms with van der Waals surface area (Å²) in [5.41, 5.74) is -0.101. The molecule has 0 heterocycles. The second-order valence-corrected chi connectivity index (χ2v) is 4.49. The lowest BCUT2D eigenvalue weighted by Gasteiger charge is -2.34. The number of methoxy groups -OCH3 is 1. The maximum absolute atomic E-state index is 11.7. The van der Waals surface area contributed by atoms with Crippen molar-refractivity contribution in [2.75, 3.05) is 7.11 Å². The molecule has 0 N–H and O–H groups in total. The van der Waals surface area contributed by atoms with Gasteiger partial charge in [0.25, 0.3) is 0 Å². The van der Waals surface area contributed by atoms with E-state index in [0.717, 1.165) is 19.3 Å². The van der Waals surface area contributed by atoms with E-state index in [9.17, 15) is 4.79 Å². The lowest BCUT2D eigenvalue weighted by molar-refractivity contribution is -0.127. The van der Waals surface area contributed by atoms with Gasteiger partial charge in [0.05, 0.1) is 11.5 Å². The Hall–Kier alpha value is -0.630. The monoisotopic (exact) mass is 178 g/mol. The van der Waals surface area contributed by atoms with E-state index in [0.29, 0.717) is 17.6 Å². The Morgan fingerprint density at radius 1 is 1.54 bits per heavy atom. The van der Waals surface area contributed by atoms with Crippen molar-refractivity contribution < 1.29 is 9.53 Å². The summed E-state index contributed by atoms with van der Waals surface area (Å²) in [6.45, 7) is 0. The van der Waals surface area contributed by atoms with Gasteiger partial charge in [-0.2, -0.15) is 0 Å². The molecular weight excluding hydrogens is 164 g/mol. The number of rotatable bonds is 1. The van der Waals surface area contributed by atoms with Crippen LogP contribution in [0.25, 0.3) is 0 Å². The molecule has 2 fully saturated rings. The van der Waals surface area contributed by atoms with Crippen LogP contribution in [0, 0.1) is 17.8 Å². The highest BCUT2D eigenvalue weighted by atomic mass is 16.5. The number of carbonyl (C=O) groups excluding carboxylic acids is 1. The summed E-state index contributed by atoms with van der Waals surface area (Å²) < 4.78 is 5.65. The number of ketones is 1. The number of Topliss-reactive ketones (excluding diaryl/α,β-unsaturated/α-hetero) is 1. The van der Waals surface area contributed by atoms with Crippen LogP contribution in [0.3, 0.4) is 0 Å². The number of ether oxygens (including phenoxy) is 1. The normalized spacial score (nSPS) is 51.8. The lowest BCUT2D eigenvalue weighted by Crippen LogP contribution is -2.41. The molecule has 0 aromatic heterocycles. The van der Waals surface area contributed by atoms with Crippen LogP contribution >= 0.6 is 0 Å². The van der Waals surface area contributed by atoms with Gasteiger partial charge in [-0.25, -0.2) is 0 Å². The first-order chi connectivity index (χ1) is 6.28. The number of carbonyl (C=O) groups is 1. The molecule has 0 aliphatic heterocycles. The molecule has 3 aliphatic rings. The number of hydrogen-bond acceptors (Lipinski definition) is 2. The lowest BCUT2D eigenvalue weighted by atomic mass is 9.81. The van der Waals surface area contributed by atoms with Crippen LogP contribution in [0.15, 0.2) is 12.2 Å². The quantitative estimate of drug-likeness (QED) is 0.569. The van der Waals surface area contributed by atoms with Gasteiger partial charge in [0, 0.05) is 19.4 Å². The predicted molar refractivity (Wildman–Crippen MR) is 48.2 cm³/mol. The maximum atomic E-state index is 11.7. The molecule has 70 valence electrons. The molecule has 2 heteroatoms. The number of fused-ring (bicyclic) bond motifs is 5. The highest BCUT2D eigenvalue weighted by Gasteiger charge is 2.62. The van der Waals surface area contributed by atoms with E-state index in [1.807, 2.05) is 0 Å². The van der Waals surface area contributed by atoms with Crippen molar-refractivity contribution in [3.8, 4) is 0 Å². The average molecular weight is 178 g/mol. The third-order valence-electron chi connectivity index (χ3n) is 4.19. The van der Waals surface area contributed by atoms with Gasteiger partial charge < -0.3 is 4.74 Å². The van der Waals surface area contributed by atoms with Crippen LogP contribution < -0.4 is 0 Å². The highest BCUT2D eigenvalue weighted by Crippen LogP contribution is 2.58. The third-order valence-corrected chi connectivity index (χ3v) is 4.19. The molecular formula is C11H14O2. The van der Waals surface area contributed by atoms with Crippen molar-refractivity contribution in [1.29, 1.82) is 0 Å². The van der Waals surface area contributed by atoms with Crippen molar-refractivity contribution in [3.05, 3.63) is 12.2 Å². The minimum absolute atomic E-state index is 0.101. The molecule has 0 aromatic rings. The molecule has 0 spiro atoms. The topological polar surface area (TPSA) is 26.3 Å². The molecule has 0 saturated heterocycles. The van der Waals surface area contributed by atoms with Gasteiger partial charge >= 0.3 is 0 Å². The third kappa shape index (κ3) is 0.715. The van der Waals surface area contributed by atoms with Crippen LogP contribution in [0.5, 0.6) is 0 Å². The summed E-state index contributed by atoms with van der Waals surface area (Å²) in [4.78, 5) is 11.7. The molecule has 4 atom stereocenters. The van der Waals surface area contributed by atoms with E-state index in [4.69, 9.17) is 4.74 Å². The van der Waals surface area contributed by atoms with Crippen LogP contribution in [-0.2, 0) is 9.53 Å². The van der Waals surface area contributed by atoms with Crippen molar-refractivity contribution >= 4 is 5.78 Å². The summed E-state index contributed by atoms with van der Waals surface area (Å²) in [6.07, 6.45) is 7.29. The van der Waals surface area contributed by atoms with Gasteiger partial charge in [-0.15, -0.1) is 0 Å². The Morgan fingerprint density at radius 2 is 2.38 bits per heavy atom. The summed E-state index contributed by atoms with van der Waals surface area (Å²) in [5, 5.41) is 0. The molecule has 0 aromatic carbocycles. The van der Waals surface area contributed by atoms with E-state index in [2.05, 4.69) is 12.2 Å². The zero-order valence-electron chi connectivity index (χ0n) is 7.82. The Bertz CT molecular complexity index is 294. The van der Waals surface area contributed by atoms with Crippen molar-refractivity contribution in [1.82, 2.24) is 0 Å². The van der Waals surface area contributed by atoms with Gasteiger partial charge in [-0.1, -0.05) is 12.2 Å². The first kappa shape index (κ1) is 7.74. The van der Waals surface area contributed by atoms with Crippen molar-refractivity contribution in [3.63, 3.8) is 0 Å². The SMILES string of the molecule is CO[C@@]12CCC(=O)[C@@H]1[C@@H]1C=C[C@H]2C1. The number of allylic oxidation sites excluding steroid dienone is 1. The van der Waals surface area contributed by atoms with E-state index in [1.54, 1.807) is 7.11 Å². The largest absolute Gasteiger partial charge is 0.377 e. The van der Waals surface area contributed by atoms with Crippen LogP contribution in [0.4, 0.5) is 0 Å². The van der Waals surface area contributed by atoms with E-state index >= 15 is 0 Å². The second-order valence-electron chi connectivity index (χ2n) is 4.49. The van der Waals surface area contributed by atoms with Gasteiger partial charge in [0.2, 0.25) is 0 Å². The first-order valence-corrected chi connectivity index (χ1v) is 5.04. The molecule has 2 saturated carbocycles. The summed E-state index contributed by atoms with van der Waals surface area (Å²) >= 11 is 0. The van der Waals surface area contributed by atoms with Crippen LogP contribution in [0.2, 0.25) is 0 Å². The summed E-state index contributed by atoms with van der Waals surface area (Å²) in [5.74, 6) is 1.62. The smallest absolute Gasteiger partial charge is 0.139 e.